The molecule has 2 aromatic rings. The predicted octanol–water partition coefficient (Wildman–Crippen LogP) is 2.90. The summed E-state index contributed by atoms with van der Waals surface area (Å²) in [5.74, 6) is -0.841. The third kappa shape index (κ3) is 4.94. The zero-order valence-corrected chi connectivity index (χ0v) is 15.3. The van der Waals surface area contributed by atoms with E-state index in [1.54, 1.807) is 37.3 Å². The number of anilines is 1. The lowest BCUT2D eigenvalue weighted by Crippen LogP contribution is -2.33. The topological polar surface area (TPSA) is 89.0 Å². The van der Waals surface area contributed by atoms with Gasteiger partial charge in [0.2, 0.25) is 0 Å². The van der Waals surface area contributed by atoms with Crippen LogP contribution in [0.2, 0.25) is 4.34 Å². The highest BCUT2D eigenvalue weighted by Crippen LogP contribution is 2.28. The van der Waals surface area contributed by atoms with Crippen LogP contribution in [-0.2, 0) is 9.59 Å². The Morgan fingerprint density at radius 3 is 2.48 bits per heavy atom. The lowest BCUT2D eigenvalue weighted by Gasteiger charge is -2.11. The van der Waals surface area contributed by atoms with Gasteiger partial charge >= 0.3 is 11.8 Å². The highest BCUT2D eigenvalue weighted by atomic mass is 35.5. The highest BCUT2D eigenvalue weighted by Gasteiger charge is 2.16. The summed E-state index contributed by atoms with van der Waals surface area (Å²) in [5.41, 5.74) is 3.09. The summed E-state index contributed by atoms with van der Waals surface area (Å²) in [7, 11) is 2.96. The van der Waals surface area contributed by atoms with Crippen molar-refractivity contribution in [3.63, 3.8) is 0 Å². The number of carbonyl (C=O) groups excluding carboxylic acids is 2. The zero-order chi connectivity index (χ0) is 18.4. The molecule has 2 amide bonds. The number of hydrogen-bond acceptors (Lipinski definition) is 6. The number of carbonyl (C=O) groups is 2. The second kappa shape index (κ2) is 8.50. The van der Waals surface area contributed by atoms with Crippen molar-refractivity contribution in [1.29, 1.82) is 0 Å². The van der Waals surface area contributed by atoms with Crippen LogP contribution in [-0.4, -0.2) is 31.7 Å². The first-order valence-electron chi connectivity index (χ1n) is 7.08. The molecule has 0 atom stereocenters. The molecule has 0 aliphatic rings. The fourth-order valence-corrected chi connectivity index (χ4v) is 2.82. The van der Waals surface area contributed by atoms with Gasteiger partial charge < -0.3 is 14.8 Å². The fourth-order valence-electron chi connectivity index (χ4n) is 1.83. The number of nitrogens with zero attached hydrogens (tertiary/aromatic N) is 1. The number of nitrogens with one attached hydrogen (secondary N) is 2. The molecule has 0 spiro atoms. The molecular weight excluding hydrogens is 366 g/mol. The minimum atomic E-state index is -0.903. The van der Waals surface area contributed by atoms with Crippen LogP contribution in [0.4, 0.5) is 5.69 Å². The molecule has 25 heavy (non-hydrogen) atoms. The number of halogens is 1. The number of methoxy groups -OCH3 is 2. The second-order valence-electron chi connectivity index (χ2n) is 4.76. The van der Waals surface area contributed by atoms with Crippen molar-refractivity contribution in [3.05, 3.63) is 39.5 Å². The minimum Gasteiger partial charge on any atom is -0.497 e. The molecule has 0 aliphatic heterocycles. The van der Waals surface area contributed by atoms with Gasteiger partial charge in [0.25, 0.3) is 0 Å². The first-order valence-corrected chi connectivity index (χ1v) is 8.27. The Labute approximate surface area is 153 Å². The summed E-state index contributed by atoms with van der Waals surface area (Å²) in [6.07, 6.45) is 0. The number of thiophene rings is 1. The quantitative estimate of drug-likeness (QED) is 0.473. The Bertz CT molecular complexity index is 819. The average molecular weight is 382 g/mol. The summed E-state index contributed by atoms with van der Waals surface area (Å²) >= 11 is 7.17. The Kier molecular flexibility index (Phi) is 6.37. The van der Waals surface area contributed by atoms with Gasteiger partial charge in [-0.1, -0.05) is 11.6 Å². The number of hydrazone groups is 1. The predicted molar refractivity (Wildman–Crippen MR) is 97.9 cm³/mol. The molecule has 1 aromatic carbocycles. The average Bonchev–Trinajstić information content (AvgIpc) is 3.06. The molecule has 2 N–H and O–H groups in total. The Morgan fingerprint density at radius 1 is 1.12 bits per heavy atom. The standard InChI is InChI=1S/C16H16ClN3O4S/c1-9(13-6-7-14(17)25-13)19-20-16(22)15(21)18-11-5-4-10(23-2)8-12(11)24-3/h4-8H,1-3H3,(H,18,21)(H,20,22)/b19-9+. The molecule has 0 aliphatic carbocycles. The SMILES string of the molecule is COc1ccc(NC(=O)C(=O)N/N=C(\C)c2ccc(Cl)s2)c(OC)c1. The van der Waals surface area contributed by atoms with Crippen molar-refractivity contribution in [2.24, 2.45) is 5.10 Å². The van der Waals surface area contributed by atoms with E-state index in [0.717, 1.165) is 4.88 Å². The van der Waals surface area contributed by atoms with Crippen LogP contribution in [0.5, 0.6) is 11.5 Å². The van der Waals surface area contributed by atoms with Gasteiger partial charge in [0.05, 0.1) is 34.8 Å². The van der Waals surface area contributed by atoms with E-state index in [1.807, 2.05) is 0 Å². The van der Waals surface area contributed by atoms with Crippen LogP contribution in [0.15, 0.2) is 35.4 Å². The van der Waals surface area contributed by atoms with Gasteiger partial charge in [-0.05, 0) is 31.2 Å². The lowest BCUT2D eigenvalue weighted by molar-refractivity contribution is -0.136. The first-order chi connectivity index (χ1) is 11.9. The molecule has 0 saturated carbocycles. The number of benzene rings is 1. The van der Waals surface area contributed by atoms with Crippen LogP contribution in [0.25, 0.3) is 0 Å². The van der Waals surface area contributed by atoms with Crippen LogP contribution in [0, 0.1) is 0 Å². The summed E-state index contributed by atoms with van der Waals surface area (Å²) in [6, 6.07) is 8.31. The van der Waals surface area contributed by atoms with E-state index in [1.165, 1.54) is 25.6 Å². The van der Waals surface area contributed by atoms with E-state index in [9.17, 15) is 9.59 Å². The van der Waals surface area contributed by atoms with Crippen molar-refractivity contribution >= 4 is 46.2 Å². The summed E-state index contributed by atoms with van der Waals surface area (Å²) in [4.78, 5) is 24.7. The molecule has 7 nitrogen and oxygen atoms in total. The van der Waals surface area contributed by atoms with Crippen molar-refractivity contribution < 1.29 is 19.1 Å². The summed E-state index contributed by atoms with van der Waals surface area (Å²) in [6.45, 7) is 1.70. The normalized spacial score (nSPS) is 11.0. The van der Waals surface area contributed by atoms with E-state index in [2.05, 4.69) is 15.8 Å². The molecule has 9 heteroatoms. The van der Waals surface area contributed by atoms with Gasteiger partial charge in [-0.25, -0.2) is 5.43 Å². The van der Waals surface area contributed by atoms with E-state index >= 15 is 0 Å². The first kappa shape index (κ1) is 18.8. The highest BCUT2D eigenvalue weighted by molar-refractivity contribution is 7.18. The fraction of sp³-hybridized carbons (Fsp3) is 0.188. The molecule has 0 fully saturated rings. The van der Waals surface area contributed by atoms with Crippen molar-refractivity contribution in [2.45, 2.75) is 6.92 Å². The molecule has 1 heterocycles. The molecule has 0 saturated heterocycles. The largest absolute Gasteiger partial charge is 0.497 e. The van der Waals surface area contributed by atoms with Gasteiger partial charge in [0, 0.05) is 6.07 Å². The van der Waals surface area contributed by atoms with Crippen LogP contribution < -0.4 is 20.2 Å². The maximum atomic E-state index is 12.0. The van der Waals surface area contributed by atoms with Gasteiger partial charge in [0.1, 0.15) is 11.5 Å². The van der Waals surface area contributed by atoms with Gasteiger partial charge in [-0.15, -0.1) is 11.3 Å². The van der Waals surface area contributed by atoms with Crippen LogP contribution in [0.1, 0.15) is 11.8 Å². The van der Waals surface area contributed by atoms with E-state index < -0.39 is 11.8 Å². The zero-order valence-electron chi connectivity index (χ0n) is 13.8. The maximum absolute atomic E-state index is 12.0. The maximum Gasteiger partial charge on any atom is 0.329 e. The number of amides is 2. The summed E-state index contributed by atoms with van der Waals surface area (Å²) < 4.78 is 10.8. The van der Waals surface area contributed by atoms with Crippen molar-refractivity contribution in [3.8, 4) is 11.5 Å². The number of hydrogen-bond donors (Lipinski definition) is 2. The third-order valence-electron chi connectivity index (χ3n) is 3.12. The smallest absolute Gasteiger partial charge is 0.329 e. The Morgan fingerprint density at radius 2 is 1.88 bits per heavy atom. The Balaban J connectivity index is 2.02. The third-order valence-corrected chi connectivity index (χ3v) is 4.46. The van der Waals surface area contributed by atoms with Crippen molar-refractivity contribution in [2.75, 3.05) is 19.5 Å². The molecule has 0 radical (unpaired) electrons. The van der Waals surface area contributed by atoms with Crippen molar-refractivity contribution in [1.82, 2.24) is 5.43 Å². The summed E-state index contributed by atoms with van der Waals surface area (Å²) in [5, 5.41) is 6.36. The van der Waals surface area contributed by atoms with Crippen LogP contribution in [0.3, 0.4) is 0 Å². The van der Waals surface area contributed by atoms with E-state index in [4.69, 9.17) is 21.1 Å². The number of rotatable bonds is 5. The molecule has 132 valence electrons. The molecular formula is C16H16ClN3O4S. The Hall–Kier alpha value is -2.58. The molecule has 0 bridgehead atoms. The number of ether oxygens (including phenoxy) is 2. The lowest BCUT2D eigenvalue weighted by atomic mass is 10.2. The van der Waals surface area contributed by atoms with E-state index in [0.29, 0.717) is 27.2 Å². The minimum absolute atomic E-state index is 0.342. The van der Waals surface area contributed by atoms with E-state index in [-0.39, 0.29) is 0 Å². The molecule has 2 rings (SSSR count). The monoisotopic (exact) mass is 381 g/mol. The molecule has 1 aromatic heterocycles. The van der Waals surface area contributed by atoms with Gasteiger partial charge in [0.15, 0.2) is 0 Å². The van der Waals surface area contributed by atoms with Crippen LogP contribution >= 0.6 is 22.9 Å². The van der Waals surface area contributed by atoms with Gasteiger partial charge in [-0.3, -0.25) is 9.59 Å². The second-order valence-corrected chi connectivity index (χ2v) is 6.48. The molecule has 0 unspecified atom stereocenters. The van der Waals surface area contributed by atoms with Gasteiger partial charge in [-0.2, -0.15) is 5.10 Å².